The van der Waals surface area contributed by atoms with Gasteiger partial charge in [-0.3, -0.25) is 14.6 Å². The number of aromatic amines is 1. The number of nitrogens with one attached hydrogen (secondary N) is 2. The van der Waals surface area contributed by atoms with Crippen molar-refractivity contribution in [2.75, 3.05) is 12.4 Å². The van der Waals surface area contributed by atoms with E-state index in [9.17, 15) is 9.59 Å². The predicted octanol–water partition coefficient (Wildman–Crippen LogP) is 3.61. The number of halogens is 1. The van der Waals surface area contributed by atoms with Crippen molar-refractivity contribution in [3.05, 3.63) is 63.9 Å². The number of aromatic nitrogens is 3. The van der Waals surface area contributed by atoms with E-state index in [0.717, 1.165) is 11.8 Å². The van der Waals surface area contributed by atoms with Crippen LogP contribution in [0, 0.1) is 0 Å². The van der Waals surface area contributed by atoms with Crippen LogP contribution in [0.2, 0.25) is 5.02 Å². The summed E-state index contributed by atoms with van der Waals surface area (Å²) in [5.74, 6) is 0.204. The zero-order valence-corrected chi connectivity index (χ0v) is 16.7. The van der Waals surface area contributed by atoms with Crippen LogP contribution < -0.4 is 15.6 Å². The van der Waals surface area contributed by atoms with E-state index in [1.165, 1.54) is 7.11 Å². The summed E-state index contributed by atoms with van der Waals surface area (Å²) in [7, 11) is 1.51. The molecule has 0 aliphatic rings. The van der Waals surface area contributed by atoms with Crippen molar-refractivity contribution in [1.82, 2.24) is 15.2 Å². The van der Waals surface area contributed by atoms with Crippen LogP contribution in [0.3, 0.4) is 0 Å². The van der Waals surface area contributed by atoms with Crippen molar-refractivity contribution in [2.24, 2.45) is 0 Å². The van der Waals surface area contributed by atoms with Crippen LogP contribution in [0.4, 0.5) is 5.69 Å². The maximum absolute atomic E-state index is 12.5. The molecule has 2 N–H and O–H groups in total. The molecule has 0 bridgehead atoms. The van der Waals surface area contributed by atoms with Gasteiger partial charge in [-0.15, -0.1) is 10.2 Å². The highest BCUT2D eigenvalue weighted by atomic mass is 35.5. The molecule has 144 valence electrons. The molecule has 0 fully saturated rings. The summed E-state index contributed by atoms with van der Waals surface area (Å²) in [6.07, 6.45) is 0. The fraction of sp³-hybridized carbons (Fsp3) is 0.158. The number of benzene rings is 2. The summed E-state index contributed by atoms with van der Waals surface area (Å²) in [5.41, 5.74) is 0.997. The van der Waals surface area contributed by atoms with E-state index in [1.54, 1.807) is 37.3 Å². The van der Waals surface area contributed by atoms with E-state index in [0.29, 0.717) is 22.0 Å². The van der Waals surface area contributed by atoms with E-state index >= 15 is 0 Å². The Morgan fingerprint density at radius 2 is 1.96 bits per heavy atom. The van der Waals surface area contributed by atoms with Crippen LogP contribution in [0.5, 0.6) is 5.75 Å². The largest absolute Gasteiger partial charge is 0.495 e. The molecule has 1 heterocycles. The second kappa shape index (κ2) is 8.90. The van der Waals surface area contributed by atoms with Gasteiger partial charge < -0.3 is 10.1 Å². The number of amides is 1. The second-order valence-electron chi connectivity index (χ2n) is 5.77. The van der Waals surface area contributed by atoms with Gasteiger partial charge in [-0.05, 0) is 25.1 Å². The number of anilines is 1. The second-order valence-corrected chi connectivity index (χ2v) is 7.53. The molecule has 0 radical (unpaired) electrons. The average molecular weight is 417 g/mol. The number of rotatable bonds is 6. The molecule has 0 saturated heterocycles. The van der Waals surface area contributed by atoms with Crippen molar-refractivity contribution < 1.29 is 9.53 Å². The maximum atomic E-state index is 12.5. The molecule has 0 spiro atoms. The number of nitrogens with zero attached hydrogens (tertiary/aromatic N) is 2. The standard InChI is InChI=1S/C19H17ClN4O3S/c1-11(17(25)21-14-10-13(20)8-9-15(14)27-2)28-19-22-18(26)16(23-24-19)12-6-4-3-5-7-12/h3-11H,1-2H3,(H,21,25)(H,22,24,26). The lowest BCUT2D eigenvalue weighted by Crippen LogP contribution is -2.24. The Labute approximate surface area is 170 Å². The molecule has 0 aliphatic heterocycles. The van der Waals surface area contributed by atoms with Gasteiger partial charge in [0.25, 0.3) is 5.56 Å². The first-order valence-electron chi connectivity index (χ1n) is 8.31. The van der Waals surface area contributed by atoms with E-state index in [-0.39, 0.29) is 22.3 Å². The molecule has 1 amide bonds. The molecule has 2 aromatic carbocycles. The summed E-state index contributed by atoms with van der Waals surface area (Å²) in [6.45, 7) is 1.70. The number of carbonyl (C=O) groups excluding carboxylic acids is 1. The lowest BCUT2D eigenvalue weighted by atomic mass is 10.2. The van der Waals surface area contributed by atoms with E-state index in [4.69, 9.17) is 16.3 Å². The fourth-order valence-corrected chi connectivity index (χ4v) is 3.31. The molecule has 0 aliphatic carbocycles. The lowest BCUT2D eigenvalue weighted by molar-refractivity contribution is -0.115. The van der Waals surface area contributed by atoms with Gasteiger partial charge in [0.05, 0.1) is 18.0 Å². The Bertz CT molecular complexity index is 1040. The SMILES string of the molecule is COc1ccc(Cl)cc1NC(=O)C(C)Sc1nnc(-c2ccccc2)c(=O)[nH]1. The summed E-state index contributed by atoms with van der Waals surface area (Å²) in [6, 6.07) is 14.0. The number of hydrogen-bond acceptors (Lipinski definition) is 6. The van der Waals surface area contributed by atoms with Crippen LogP contribution >= 0.6 is 23.4 Å². The number of thioether (sulfide) groups is 1. The first-order chi connectivity index (χ1) is 13.5. The molecule has 3 aromatic rings. The molecule has 1 atom stereocenters. The van der Waals surface area contributed by atoms with Gasteiger partial charge in [-0.1, -0.05) is 53.7 Å². The van der Waals surface area contributed by atoms with Gasteiger partial charge >= 0.3 is 0 Å². The number of methoxy groups -OCH3 is 1. The highest BCUT2D eigenvalue weighted by Gasteiger charge is 2.19. The number of ether oxygens (including phenoxy) is 1. The number of H-pyrrole nitrogens is 1. The quantitative estimate of drug-likeness (QED) is 0.596. The topological polar surface area (TPSA) is 97.0 Å². The van der Waals surface area contributed by atoms with Gasteiger partial charge in [0, 0.05) is 10.6 Å². The minimum Gasteiger partial charge on any atom is -0.495 e. The first kappa shape index (κ1) is 19.9. The Kier molecular flexibility index (Phi) is 6.33. The van der Waals surface area contributed by atoms with Crippen LogP contribution in [0.1, 0.15) is 6.92 Å². The van der Waals surface area contributed by atoms with Gasteiger partial charge in [0.2, 0.25) is 5.91 Å². The van der Waals surface area contributed by atoms with Crippen molar-refractivity contribution >= 4 is 35.0 Å². The van der Waals surface area contributed by atoms with Crippen molar-refractivity contribution in [1.29, 1.82) is 0 Å². The molecule has 7 nitrogen and oxygen atoms in total. The van der Waals surface area contributed by atoms with Crippen molar-refractivity contribution in [3.8, 4) is 17.0 Å². The zero-order chi connectivity index (χ0) is 20.1. The summed E-state index contributed by atoms with van der Waals surface area (Å²) in [5, 5.41) is 11.0. The molecule has 1 aromatic heterocycles. The highest BCUT2D eigenvalue weighted by Crippen LogP contribution is 2.29. The Balaban J connectivity index is 1.72. The first-order valence-corrected chi connectivity index (χ1v) is 9.57. The lowest BCUT2D eigenvalue weighted by Gasteiger charge is -2.14. The maximum Gasteiger partial charge on any atom is 0.278 e. The van der Waals surface area contributed by atoms with Gasteiger partial charge in [-0.25, -0.2) is 0 Å². The molecule has 3 rings (SSSR count). The number of hydrogen-bond donors (Lipinski definition) is 2. The normalized spacial score (nSPS) is 11.7. The van der Waals surface area contributed by atoms with E-state index < -0.39 is 5.25 Å². The van der Waals surface area contributed by atoms with E-state index in [1.807, 2.05) is 18.2 Å². The third-order valence-electron chi connectivity index (χ3n) is 3.80. The van der Waals surface area contributed by atoms with Gasteiger partial charge in [0.1, 0.15) is 5.75 Å². The smallest absolute Gasteiger partial charge is 0.278 e. The third kappa shape index (κ3) is 4.71. The molecular formula is C19H17ClN4O3S. The van der Waals surface area contributed by atoms with Crippen molar-refractivity contribution in [2.45, 2.75) is 17.3 Å². The summed E-state index contributed by atoms with van der Waals surface area (Å²) >= 11 is 7.07. The molecule has 1 unspecified atom stereocenters. The van der Waals surface area contributed by atoms with Gasteiger partial charge in [-0.2, -0.15) is 0 Å². The molecule has 9 heteroatoms. The Morgan fingerprint density at radius 3 is 2.64 bits per heavy atom. The summed E-state index contributed by atoms with van der Waals surface area (Å²) in [4.78, 5) is 27.5. The minimum atomic E-state index is -0.545. The highest BCUT2D eigenvalue weighted by molar-refractivity contribution is 8.00. The zero-order valence-electron chi connectivity index (χ0n) is 15.1. The summed E-state index contributed by atoms with van der Waals surface area (Å²) < 4.78 is 5.22. The minimum absolute atomic E-state index is 0.228. The van der Waals surface area contributed by atoms with Crippen LogP contribution in [0.25, 0.3) is 11.3 Å². The third-order valence-corrected chi connectivity index (χ3v) is 5.01. The fourth-order valence-electron chi connectivity index (χ4n) is 2.39. The Hall–Kier alpha value is -2.84. The number of carbonyl (C=O) groups is 1. The van der Waals surface area contributed by atoms with Crippen LogP contribution in [-0.4, -0.2) is 33.4 Å². The average Bonchev–Trinajstić information content (AvgIpc) is 2.69. The van der Waals surface area contributed by atoms with E-state index in [2.05, 4.69) is 20.5 Å². The monoisotopic (exact) mass is 416 g/mol. The Morgan fingerprint density at radius 1 is 1.21 bits per heavy atom. The van der Waals surface area contributed by atoms with Crippen LogP contribution in [-0.2, 0) is 4.79 Å². The van der Waals surface area contributed by atoms with Gasteiger partial charge in [0.15, 0.2) is 10.9 Å². The molecular weight excluding hydrogens is 400 g/mol. The molecule has 0 saturated carbocycles. The van der Waals surface area contributed by atoms with Crippen LogP contribution in [0.15, 0.2) is 58.5 Å². The molecule has 28 heavy (non-hydrogen) atoms. The van der Waals surface area contributed by atoms with Crippen molar-refractivity contribution in [3.63, 3.8) is 0 Å². The predicted molar refractivity (Wildman–Crippen MR) is 110 cm³/mol.